The van der Waals surface area contributed by atoms with Gasteiger partial charge in [-0.2, -0.15) is 4.31 Å². The fourth-order valence-electron chi connectivity index (χ4n) is 3.29. The van der Waals surface area contributed by atoms with Gasteiger partial charge in [0, 0.05) is 32.7 Å². The molecule has 0 unspecified atom stereocenters. The van der Waals surface area contributed by atoms with Crippen LogP contribution in [0.15, 0.2) is 48.5 Å². The summed E-state index contributed by atoms with van der Waals surface area (Å²) in [5, 5.41) is 0. The third-order valence-electron chi connectivity index (χ3n) is 4.99. The molecule has 5 nitrogen and oxygen atoms in total. The predicted molar refractivity (Wildman–Crippen MR) is 108 cm³/mol. The minimum Gasteiger partial charge on any atom is -0.492 e. The van der Waals surface area contributed by atoms with Crippen LogP contribution >= 0.6 is 0 Å². The lowest BCUT2D eigenvalue weighted by Gasteiger charge is -2.34. The summed E-state index contributed by atoms with van der Waals surface area (Å²) in [5.41, 5.74) is 3.08. The number of sulfonamides is 1. The summed E-state index contributed by atoms with van der Waals surface area (Å²) in [4.78, 5) is 2.26. The Morgan fingerprint density at radius 2 is 1.70 bits per heavy atom. The van der Waals surface area contributed by atoms with Crippen molar-refractivity contribution in [3.63, 3.8) is 0 Å². The molecule has 1 aliphatic rings. The monoisotopic (exact) mass is 388 g/mol. The van der Waals surface area contributed by atoms with Crippen LogP contribution in [-0.4, -0.2) is 57.0 Å². The van der Waals surface area contributed by atoms with Gasteiger partial charge in [-0.05, 0) is 42.7 Å². The Kier molecular flexibility index (Phi) is 6.52. The minimum atomic E-state index is -3.28. The summed E-state index contributed by atoms with van der Waals surface area (Å²) in [6, 6.07) is 15.7. The van der Waals surface area contributed by atoms with Crippen molar-refractivity contribution in [3.05, 3.63) is 65.2 Å². The molecule has 1 fully saturated rings. The van der Waals surface area contributed by atoms with E-state index in [1.165, 1.54) is 5.56 Å². The van der Waals surface area contributed by atoms with Crippen molar-refractivity contribution >= 4 is 10.0 Å². The molecule has 0 saturated carbocycles. The maximum Gasteiger partial charge on any atom is 0.218 e. The van der Waals surface area contributed by atoms with Gasteiger partial charge in [-0.3, -0.25) is 4.90 Å². The summed E-state index contributed by atoms with van der Waals surface area (Å²) in [6.07, 6.45) is 0. The van der Waals surface area contributed by atoms with Crippen LogP contribution < -0.4 is 4.74 Å². The fraction of sp³-hybridized carbons (Fsp3) is 0.429. The molecular weight excluding hydrogens is 360 g/mol. The topological polar surface area (TPSA) is 49.9 Å². The van der Waals surface area contributed by atoms with E-state index in [4.69, 9.17) is 4.74 Å². The molecule has 0 atom stereocenters. The zero-order chi connectivity index (χ0) is 19.3. The molecule has 146 valence electrons. The molecule has 0 amide bonds. The zero-order valence-corrected chi connectivity index (χ0v) is 16.9. The molecule has 1 saturated heterocycles. The van der Waals surface area contributed by atoms with Gasteiger partial charge < -0.3 is 4.74 Å². The Labute approximate surface area is 162 Å². The van der Waals surface area contributed by atoms with Gasteiger partial charge in [-0.25, -0.2) is 8.42 Å². The number of piperazine rings is 1. The van der Waals surface area contributed by atoms with Crippen LogP contribution in [0.4, 0.5) is 0 Å². The van der Waals surface area contributed by atoms with Gasteiger partial charge in [-0.1, -0.05) is 36.4 Å². The van der Waals surface area contributed by atoms with Crippen LogP contribution in [0.2, 0.25) is 0 Å². The van der Waals surface area contributed by atoms with Crippen molar-refractivity contribution in [1.82, 2.24) is 9.21 Å². The Hall–Kier alpha value is -1.89. The lowest BCUT2D eigenvalue weighted by molar-refractivity contribution is 0.159. The van der Waals surface area contributed by atoms with E-state index < -0.39 is 10.0 Å². The smallest absolute Gasteiger partial charge is 0.218 e. The van der Waals surface area contributed by atoms with E-state index in [1.54, 1.807) is 4.31 Å². The van der Waals surface area contributed by atoms with Crippen molar-refractivity contribution in [2.24, 2.45) is 0 Å². The lowest BCUT2D eigenvalue weighted by Crippen LogP contribution is -2.49. The zero-order valence-electron chi connectivity index (χ0n) is 16.1. The van der Waals surface area contributed by atoms with Crippen molar-refractivity contribution in [2.75, 3.05) is 39.3 Å². The molecule has 0 aromatic heterocycles. The molecule has 2 aromatic rings. The second-order valence-electron chi connectivity index (χ2n) is 7.09. The van der Waals surface area contributed by atoms with E-state index in [0.717, 1.165) is 36.5 Å². The highest BCUT2D eigenvalue weighted by Crippen LogP contribution is 2.17. The number of hydrogen-bond donors (Lipinski definition) is 0. The first-order valence-electron chi connectivity index (χ1n) is 9.38. The number of hydrogen-bond acceptors (Lipinski definition) is 4. The number of benzene rings is 2. The van der Waals surface area contributed by atoms with Crippen LogP contribution in [0.25, 0.3) is 0 Å². The molecule has 2 aromatic carbocycles. The summed E-state index contributed by atoms with van der Waals surface area (Å²) in [5.74, 6) is 0.963. The molecule has 0 radical (unpaired) electrons. The van der Waals surface area contributed by atoms with Gasteiger partial charge >= 0.3 is 0 Å². The lowest BCUT2D eigenvalue weighted by atomic mass is 10.1. The highest BCUT2D eigenvalue weighted by molar-refractivity contribution is 7.88. The maximum absolute atomic E-state index is 12.7. The summed E-state index contributed by atoms with van der Waals surface area (Å²) in [7, 11) is -3.28. The third-order valence-corrected chi connectivity index (χ3v) is 6.82. The van der Waals surface area contributed by atoms with Gasteiger partial charge in [-0.15, -0.1) is 0 Å². The van der Waals surface area contributed by atoms with Gasteiger partial charge in [0.1, 0.15) is 12.4 Å². The second-order valence-corrected chi connectivity index (χ2v) is 9.06. The first-order valence-corrected chi connectivity index (χ1v) is 11.0. The molecule has 0 N–H and O–H groups in total. The van der Waals surface area contributed by atoms with Crippen molar-refractivity contribution in [3.8, 4) is 5.75 Å². The number of nitrogens with zero attached hydrogens (tertiary/aromatic N) is 2. The minimum absolute atomic E-state index is 0.0795. The Balaban J connectivity index is 1.46. The SMILES string of the molecule is Cc1cccc(OCCN2CCN(S(=O)(=O)Cc3ccccc3C)CC2)c1. The normalized spacial score (nSPS) is 16.4. The predicted octanol–water partition coefficient (Wildman–Crippen LogP) is 2.83. The highest BCUT2D eigenvalue weighted by Gasteiger charge is 2.27. The quantitative estimate of drug-likeness (QED) is 0.732. The largest absolute Gasteiger partial charge is 0.492 e. The van der Waals surface area contributed by atoms with Crippen molar-refractivity contribution in [2.45, 2.75) is 19.6 Å². The third kappa shape index (κ3) is 5.54. The molecule has 3 rings (SSSR count). The van der Waals surface area contributed by atoms with E-state index in [9.17, 15) is 8.42 Å². The Morgan fingerprint density at radius 3 is 2.41 bits per heavy atom. The molecule has 1 heterocycles. The van der Waals surface area contributed by atoms with Crippen molar-refractivity contribution in [1.29, 1.82) is 0 Å². The van der Waals surface area contributed by atoms with E-state index >= 15 is 0 Å². The van der Waals surface area contributed by atoms with Crippen LogP contribution in [0, 0.1) is 13.8 Å². The molecule has 0 bridgehead atoms. The fourth-order valence-corrected chi connectivity index (χ4v) is 4.91. The number of aryl methyl sites for hydroxylation is 2. The molecule has 0 spiro atoms. The van der Waals surface area contributed by atoms with Gasteiger partial charge in [0.25, 0.3) is 0 Å². The average molecular weight is 389 g/mol. The first kappa shape index (κ1) is 19.9. The average Bonchev–Trinajstić information content (AvgIpc) is 2.64. The summed E-state index contributed by atoms with van der Waals surface area (Å²) < 4.78 is 32.9. The second kappa shape index (κ2) is 8.87. The van der Waals surface area contributed by atoms with Gasteiger partial charge in [0.15, 0.2) is 0 Å². The maximum atomic E-state index is 12.7. The van der Waals surface area contributed by atoms with Crippen LogP contribution in [0.3, 0.4) is 0 Å². The van der Waals surface area contributed by atoms with Gasteiger partial charge in [0.2, 0.25) is 10.0 Å². The molecule has 27 heavy (non-hydrogen) atoms. The van der Waals surface area contributed by atoms with Crippen LogP contribution in [0.1, 0.15) is 16.7 Å². The highest BCUT2D eigenvalue weighted by atomic mass is 32.2. The van der Waals surface area contributed by atoms with E-state index in [-0.39, 0.29) is 5.75 Å². The summed E-state index contributed by atoms with van der Waals surface area (Å²) in [6.45, 7) is 7.98. The standard InChI is InChI=1S/C21H28N2O3S/c1-18-6-5-9-21(16-18)26-15-14-22-10-12-23(13-11-22)27(24,25)17-20-8-4-3-7-19(20)2/h3-9,16H,10-15,17H2,1-2H3. The Morgan fingerprint density at radius 1 is 0.963 bits per heavy atom. The van der Waals surface area contributed by atoms with Crippen LogP contribution in [-0.2, 0) is 15.8 Å². The number of ether oxygens (including phenoxy) is 1. The van der Waals surface area contributed by atoms with E-state index in [2.05, 4.69) is 4.90 Å². The van der Waals surface area contributed by atoms with E-state index in [0.29, 0.717) is 19.7 Å². The Bertz CT molecular complexity index is 859. The summed E-state index contributed by atoms with van der Waals surface area (Å²) >= 11 is 0. The molecular formula is C21H28N2O3S. The molecule has 1 aliphatic heterocycles. The number of rotatable bonds is 7. The van der Waals surface area contributed by atoms with Crippen molar-refractivity contribution < 1.29 is 13.2 Å². The van der Waals surface area contributed by atoms with E-state index in [1.807, 2.05) is 62.4 Å². The van der Waals surface area contributed by atoms with Gasteiger partial charge in [0.05, 0.1) is 5.75 Å². The van der Waals surface area contributed by atoms with Crippen LogP contribution in [0.5, 0.6) is 5.75 Å². The molecule has 6 heteroatoms. The first-order chi connectivity index (χ1) is 12.9. The molecule has 0 aliphatic carbocycles.